The minimum absolute atomic E-state index is 0.000887. The predicted molar refractivity (Wildman–Crippen MR) is 74.2 cm³/mol. The molecule has 0 spiro atoms. The fourth-order valence-electron chi connectivity index (χ4n) is 1.66. The van der Waals surface area contributed by atoms with Crippen LogP contribution < -0.4 is 4.74 Å². The Bertz CT molecular complexity index is 705. The number of nitrogens with zero attached hydrogens (tertiary/aromatic N) is 1. The molecule has 108 valence electrons. The van der Waals surface area contributed by atoms with Gasteiger partial charge >= 0.3 is 5.69 Å². The highest BCUT2D eigenvalue weighted by Crippen LogP contribution is 2.28. The van der Waals surface area contributed by atoms with Gasteiger partial charge in [0.1, 0.15) is 18.7 Å². The first-order valence-electron chi connectivity index (χ1n) is 5.81. The number of ether oxygens (including phenoxy) is 1. The molecular weight excluding hydrogens is 301 g/mol. The van der Waals surface area contributed by atoms with E-state index in [1.54, 1.807) is 6.07 Å². The average molecular weight is 310 g/mol. The van der Waals surface area contributed by atoms with Gasteiger partial charge in [0.05, 0.1) is 9.95 Å². The topological polar surface area (TPSA) is 69.4 Å². The largest absolute Gasteiger partial charge is 0.482 e. The first-order chi connectivity index (χ1) is 10.0. The lowest BCUT2D eigenvalue weighted by Crippen LogP contribution is -2.00. The third-order valence-corrected chi connectivity index (χ3v) is 3.00. The van der Waals surface area contributed by atoms with Gasteiger partial charge in [-0.25, -0.2) is 4.39 Å². The SMILES string of the molecule is O=Cc1ccc(OCc2ccc(Cl)c(F)c2)c([N+](=O)[O-])c1. The summed E-state index contributed by atoms with van der Waals surface area (Å²) in [5.74, 6) is -0.593. The van der Waals surface area contributed by atoms with Crippen LogP contribution in [-0.4, -0.2) is 11.2 Å². The summed E-state index contributed by atoms with van der Waals surface area (Å²) < 4.78 is 18.6. The molecule has 0 aliphatic rings. The van der Waals surface area contributed by atoms with Crippen molar-refractivity contribution in [3.8, 4) is 5.75 Å². The Kier molecular flexibility index (Phi) is 4.49. The smallest absolute Gasteiger partial charge is 0.311 e. The van der Waals surface area contributed by atoms with E-state index in [1.807, 2.05) is 0 Å². The van der Waals surface area contributed by atoms with Crippen molar-refractivity contribution in [2.45, 2.75) is 6.61 Å². The summed E-state index contributed by atoms with van der Waals surface area (Å²) in [7, 11) is 0. The van der Waals surface area contributed by atoms with Gasteiger partial charge in [-0.2, -0.15) is 0 Å². The van der Waals surface area contributed by atoms with Crippen LogP contribution in [0.25, 0.3) is 0 Å². The van der Waals surface area contributed by atoms with Gasteiger partial charge in [-0.3, -0.25) is 14.9 Å². The highest BCUT2D eigenvalue weighted by Gasteiger charge is 2.16. The molecule has 21 heavy (non-hydrogen) atoms. The zero-order chi connectivity index (χ0) is 15.4. The van der Waals surface area contributed by atoms with Crippen LogP contribution in [0.1, 0.15) is 15.9 Å². The molecule has 7 heteroatoms. The first-order valence-corrected chi connectivity index (χ1v) is 6.19. The minimum Gasteiger partial charge on any atom is -0.482 e. The number of rotatable bonds is 5. The van der Waals surface area contributed by atoms with Crippen LogP contribution in [0, 0.1) is 15.9 Å². The molecule has 0 atom stereocenters. The number of carbonyl (C=O) groups excluding carboxylic acids is 1. The molecule has 0 saturated carbocycles. The second-order valence-electron chi connectivity index (χ2n) is 4.14. The van der Waals surface area contributed by atoms with Gasteiger partial charge in [0, 0.05) is 11.6 Å². The van der Waals surface area contributed by atoms with Crippen molar-refractivity contribution in [1.29, 1.82) is 0 Å². The normalized spacial score (nSPS) is 10.2. The molecule has 0 N–H and O–H groups in total. The predicted octanol–water partition coefficient (Wildman–Crippen LogP) is 3.78. The van der Waals surface area contributed by atoms with Crippen LogP contribution in [0.5, 0.6) is 5.75 Å². The molecule has 0 unspecified atom stereocenters. The maximum Gasteiger partial charge on any atom is 0.311 e. The lowest BCUT2D eigenvalue weighted by Gasteiger charge is -2.07. The van der Waals surface area contributed by atoms with E-state index >= 15 is 0 Å². The van der Waals surface area contributed by atoms with E-state index in [0.717, 1.165) is 6.07 Å². The number of carbonyl (C=O) groups is 1. The van der Waals surface area contributed by atoms with E-state index in [2.05, 4.69) is 0 Å². The van der Waals surface area contributed by atoms with Crippen LogP contribution >= 0.6 is 11.6 Å². The lowest BCUT2D eigenvalue weighted by atomic mass is 10.2. The molecule has 5 nitrogen and oxygen atoms in total. The molecule has 0 heterocycles. The molecule has 0 saturated heterocycles. The van der Waals surface area contributed by atoms with Gasteiger partial charge in [0.15, 0.2) is 5.75 Å². The Morgan fingerprint density at radius 3 is 2.67 bits per heavy atom. The summed E-state index contributed by atoms with van der Waals surface area (Å²) in [6.07, 6.45) is 0.505. The van der Waals surface area contributed by atoms with Crippen LogP contribution in [0.2, 0.25) is 5.02 Å². The molecule has 2 aromatic carbocycles. The molecule has 0 radical (unpaired) electrons. The number of hydrogen-bond acceptors (Lipinski definition) is 4. The molecular formula is C14H9ClFNO4. The third-order valence-electron chi connectivity index (χ3n) is 2.69. The van der Waals surface area contributed by atoms with Crippen LogP contribution in [0.3, 0.4) is 0 Å². The van der Waals surface area contributed by atoms with Gasteiger partial charge in [-0.1, -0.05) is 17.7 Å². The minimum atomic E-state index is -0.648. The van der Waals surface area contributed by atoms with Gasteiger partial charge < -0.3 is 4.74 Å². The summed E-state index contributed by atoms with van der Waals surface area (Å²) in [6.45, 7) is -0.0602. The monoisotopic (exact) mass is 309 g/mol. The van der Waals surface area contributed by atoms with E-state index in [9.17, 15) is 19.3 Å². The molecule has 0 aliphatic carbocycles. The second-order valence-corrected chi connectivity index (χ2v) is 4.55. The van der Waals surface area contributed by atoms with Crippen molar-refractivity contribution in [3.63, 3.8) is 0 Å². The van der Waals surface area contributed by atoms with Gasteiger partial charge in [-0.05, 0) is 29.8 Å². The molecule has 0 amide bonds. The van der Waals surface area contributed by atoms with Crippen molar-refractivity contribution in [2.75, 3.05) is 0 Å². The molecule has 0 fully saturated rings. The van der Waals surface area contributed by atoms with Gasteiger partial charge in [0.2, 0.25) is 0 Å². The quantitative estimate of drug-likeness (QED) is 0.479. The third kappa shape index (κ3) is 3.55. The lowest BCUT2D eigenvalue weighted by molar-refractivity contribution is -0.386. The highest BCUT2D eigenvalue weighted by molar-refractivity contribution is 6.30. The number of benzene rings is 2. The van der Waals surface area contributed by atoms with Crippen molar-refractivity contribution >= 4 is 23.6 Å². The van der Waals surface area contributed by atoms with Crippen molar-refractivity contribution in [1.82, 2.24) is 0 Å². The van der Waals surface area contributed by atoms with E-state index in [-0.39, 0.29) is 28.6 Å². The fourth-order valence-corrected chi connectivity index (χ4v) is 1.78. The van der Waals surface area contributed by atoms with Crippen molar-refractivity contribution in [2.24, 2.45) is 0 Å². The second kappa shape index (κ2) is 6.32. The average Bonchev–Trinajstić information content (AvgIpc) is 2.48. The zero-order valence-electron chi connectivity index (χ0n) is 10.6. The van der Waals surface area contributed by atoms with Gasteiger partial charge in [-0.15, -0.1) is 0 Å². The summed E-state index contributed by atoms with van der Waals surface area (Å²) in [4.78, 5) is 20.9. The van der Waals surface area contributed by atoms with Crippen LogP contribution in [0.4, 0.5) is 10.1 Å². The van der Waals surface area contributed by atoms with E-state index < -0.39 is 10.7 Å². The zero-order valence-corrected chi connectivity index (χ0v) is 11.3. The van der Waals surface area contributed by atoms with E-state index in [4.69, 9.17) is 16.3 Å². The van der Waals surface area contributed by atoms with Crippen LogP contribution in [-0.2, 0) is 6.61 Å². The maximum absolute atomic E-state index is 13.3. The molecule has 0 bridgehead atoms. The molecule has 2 rings (SSSR count). The standard InChI is InChI=1S/C14H9ClFNO4/c15-11-3-1-10(5-12(11)16)8-21-14-4-2-9(7-18)6-13(14)17(19)20/h1-7H,8H2. The highest BCUT2D eigenvalue weighted by atomic mass is 35.5. The number of hydrogen-bond donors (Lipinski definition) is 0. The Balaban J connectivity index is 2.21. The summed E-state index contributed by atoms with van der Waals surface area (Å²) in [5, 5.41) is 10.9. The molecule has 0 aromatic heterocycles. The summed E-state index contributed by atoms with van der Waals surface area (Å²) >= 11 is 5.56. The fraction of sp³-hybridized carbons (Fsp3) is 0.0714. The molecule has 2 aromatic rings. The van der Waals surface area contributed by atoms with Crippen molar-refractivity contribution in [3.05, 3.63) is 68.5 Å². The van der Waals surface area contributed by atoms with E-state index in [1.165, 1.54) is 24.3 Å². The van der Waals surface area contributed by atoms with E-state index in [0.29, 0.717) is 11.8 Å². The summed E-state index contributed by atoms with van der Waals surface area (Å²) in [6, 6.07) is 7.96. The summed E-state index contributed by atoms with van der Waals surface area (Å²) in [5.41, 5.74) is 0.325. The number of aldehydes is 1. The first kappa shape index (κ1) is 14.9. The number of nitro groups is 1. The van der Waals surface area contributed by atoms with Gasteiger partial charge in [0.25, 0.3) is 0 Å². The van der Waals surface area contributed by atoms with Crippen molar-refractivity contribution < 1.29 is 18.8 Å². The number of nitro benzene ring substituents is 1. The number of halogens is 2. The van der Waals surface area contributed by atoms with Crippen LogP contribution in [0.15, 0.2) is 36.4 Å². The Morgan fingerprint density at radius 2 is 2.05 bits per heavy atom. The Morgan fingerprint density at radius 1 is 1.29 bits per heavy atom. The maximum atomic E-state index is 13.3. The Hall–Kier alpha value is -2.47. The molecule has 0 aliphatic heterocycles. The Labute approximate surface area is 124 Å².